The van der Waals surface area contributed by atoms with Crippen molar-refractivity contribution in [3.05, 3.63) is 0 Å². The highest BCUT2D eigenvalue weighted by Crippen LogP contribution is 2.32. The van der Waals surface area contributed by atoms with Crippen molar-refractivity contribution in [2.24, 2.45) is 5.41 Å². The Morgan fingerprint density at radius 2 is 1.85 bits per heavy atom. The summed E-state index contributed by atoms with van der Waals surface area (Å²) in [4.78, 5) is 22.8. The van der Waals surface area contributed by atoms with Crippen LogP contribution in [0.1, 0.15) is 19.8 Å². The first-order valence-corrected chi connectivity index (χ1v) is 4.31. The SMILES string of the molecule is COC(=O)C1(C(C)=O)CCOCC1. The molecule has 0 atom stereocenters. The topological polar surface area (TPSA) is 52.6 Å². The number of hydrogen-bond donors (Lipinski definition) is 0. The maximum Gasteiger partial charge on any atom is 0.319 e. The van der Waals surface area contributed by atoms with Gasteiger partial charge in [0.2, 0.25) is 0 Å². The molecule has 0 N–H and O–H groups in total. The summed E-state index contributed by atoms with van der Waals surface area (Å²) in [6.07, 6.45) is 0.879. The Hall–Kier alpha value is -0.900. The minimum Gasteiger partial charge on any atom is -0.468 e. The van der Waals surface area contributed by atoms with E-state index in [0.717, 1.165) is 0 Å². The molecular weight excluding hydrogens is 172 g/mol. The van der Waals surface area contributed by atoms with Gasteiger partial charge in [-0.15, -0.1) is 0 Å². The van der Waals surface area contributed by atoms with E-state index in [0.29, 0.717) is 26.1 Å². The second-order valence-corrected chi connectivity index (χ2v) is 3.24. The molecule has 0 spiro atoms. The first-order chi connectivity index (χ1) is 6.13. The van der Waals surface area contributed by atoms with Crippen molar-refractivity contribution in [3.63, 3.8) is 0 Å². The van der Waals surface area contributed by atoms with Crippen LogP contribution in [-0.2, 0) is 19.1 Å². The van der Waals surface area contributed by atoms with Gasteiger partial charge >= 0.3 is 5.97 Å². The van der Waals surface area contributed by atoms with Gasteiger partial charge in [-0.1, -0.05) is 0 Å². The van der Waals surface area contributed by atoms with E-state index < -0.39 is 11.4 Å². The normalized spacial score (nSPS) is 20.8. The standard InChI is InChI=1S/C9H14O4/c1-7(10)9(8(11)12-2)3-5-13-6-4-9/h3-6H2,1-2H3. The van der Waals surface area contributed by atoms with Gasteiger partial charge in [-0.2, -0.15) is 0 Å². The van der Waals surface area contributed by atoms with Crippen LogP contribution in [0.2, 0.25) is 0 Å². The molecule has 1 rings (SSSR count). The van der Waals surface area contributed by atoms with Gasteiger partial charge in [0.05, 0.1) is 7.11 Å². The maximum atomic E-state index is 11.4. The van der Waals surface area contributed by atoms with Crippen LogP contribution in [0, 0.1) is 5.41 Å². The summed E-state index contributed by atoms with van der Waals surface area (Å²) >= 11 is 0. The van der Waals surface area contributed by atoms with Crippen molar-refractivity contribution in [2.75, 3.05) is 20.3 Å². The molecule has 0 unspecified atom stereocenters. The summed E-state index contributed by atoms with van der Waals surface area (Å²) < 4.78 is 9.75. The van der Waals surface area contributed by atoms with Crippen LogP contribution < -0.4 is 0 Å². The zero-order valence-corrected chi connectivity index (χ0v) is 7.96. The third kappa shape index (κ3) is 1.72. The number of carbonyl (C=O) groups excluding carboxylic acids is 2. The van der Waals surface area contributed by atoms with E-state index in [1.54, 1.807) is 0 Å². The average Bonchev–Trinajstić information content (AvgIpc) is 2.17. The smallest absolute Gasteiger partial charge is 0.319 e. The Bertz CT molecular complexity index is 216. The van der Waals surface area contributed by atoms with Crippen LogP contribution in [0.25, 0.3) is 0 Å². The van der Waals surface area contributed by atoms with E-state index in [4.69, 9.17) is 4.74 Å². The molecule has 0 amide bonds. The molecule has 1 heterocycles. The molecule has 0 radical (unpaired) electrons. The summed E-state index contributed by atoms with van der Waals surface area (Å²) in [5.41, 5.74) is -0.938. The van der Waals surface area contributed by atoms with Crippen molar-refractivity contribution in [1.82, 2.24) is 0 Å². The van der Waals surface area contributed by atoms with Gasteiger partial charge in [0, 0.05) is 13.2 Å². The van der Waals surface area contributed by atoms with E-state index in [9.17, 15) is 9.59 Å². The first-order valence-electron chi connectivity index (χ1n) is 4.31. The fourth-order valence-electron chi connectivity index (χ4n) is 1.62. The number of ketones is 1. The quantitative estimate of drug-likeness (QED) is 0.466. The number of ether oxygens (including phenoxy) is 2. The Balaban J connectivity index is 2.85. The lowest BCUT2D eigenvalue weighted by molar-refractivity contribution is -0.163. The van der Waals surface area contributed by atoms with Crippen LogP contribution in [0.3, 0.4) is 0 Å². The number of hydrogen-bond acceptors (Lipinski definition) is 4. The number of rotatable bonds is 2. The van der Waals surface area contributed by atoms with E-state index in [-0.39, 0.29) is 5.78 Å². The first kappa shape index (κ1) is 10.2. The lowest BCUT2D eigenvalue weighted by Crippen LogP contribution is -2.43. The minimum absolute atomic E-state index is 0.123. The van der Waals surface area contributed by atoms with Gasteiger partial charge in [-0.3, -0.25) is 9.59 Å². The van der Waals surface area contributed by atoms with Crippen LogP contribution in [0.5, 0.6) is 0 Å². The second kappa shape index (κ2) is 3.87. The number of Topliss-reactive ketones (excluding diaryl/α,β-unsaturated/α-hetero) is 1. The van der Waals surface area contributed by atoms with Crippen LogP contribution in [0.15, 0.2) is 0 Å². The molecule has 74 valence electrons. The molecule has 0 aliphatic carbocycles. The van der Waals surface area contributed by atoms with Gasteiger partial charge < -0.3 is 9.47 Å². The highest BCUT2D eigenvalue weighted by molar-refractivity contribution is 6.02. The lowest BCUT2D eigenvalue weighted by atomic mass is 9.77. The van der Waals surface area contributed by atoms with Crippen LogP contribution in [0.4, 0.5) is 0 Å². The fourth-order valence-corrected chi connectivity index (χ4v) is 1.62. The van der Waals surface area contributed by atoms with Crippen LogP contribution in [-0.4, -0.2) is 32.1 Å². The van der Waals surface area contributed by atoms with E-state index >= 15 is 0 Å². The van der Waals surface area contributed by atoms with Gasteiger partial charge in [-0.05, 0) is 19.8 Å². The molecule has 0 aromatic rings. The summed E-state index contributed by atoms with van der Waals surface area (Å²) in [6, 6.07) is 0. The van der Waals surface area contributed by atoms with E-state index in [1.807, 2.05) is 0 Å². The molecule has 0 aromatic carbocycles. The molecule has 1 saturated heterocycles. The van der Waals surface area contributed by atoms with E-state index in [1.165, 1.54) is 14.0 Å². The highest BCUT2D eigenvalue weighted by atomic mass is 16.5. The molecule has 13 heavy (non-hydrogen) atoms. The molecule has 4 nitrogen and oxygen atoms in total. The van der Waals surface area contributed by atoms with Gasteiger partial charge in [-0.25, -0.2) is 0 Å². The third-order valence-corrected chi connectivity index (χ3v) is 2.60. The van der Waals surface area contributed by atoms with Crippen molar-refractivity contribution >= 4 is 11.8 Å². The molecule has 1 aliphatic rings. The monoisotopic (exact) mass is 186 g/mol. The van der Waals surface area contributed by atoms with Crippen molar-refractivity contribution in [1.29, 1.82) is 0 Å². The number of carbonyl (C=O) groups is 2. The summed E-state index contributed by atoms with van der Waals surface area (Å²) in [5, 5.41) is 0. The summed E-state index contributed by atoms with van der Waals surface area (Å²) in [7, 11) is 1.31. The fraction of sp³-hybridized carbons (Fsp3) is 0.778. The second-order valence-electron chi connectivity index (χ2n) is 3.24. The molecule has 0 aromatic heterocycles. The average molecular weight is 186 g/mol. The number of methoxy groups -OCH3 is 1. The Morgan fingerprint density at radius 3 is 2.23 bits per heavy atom. The predicted octanol–water partition coefficient (Wildman–Crippen LogP) is 0.545. The largest absolute Gasteiger partial charge is 0.468 e. The molecule has 1 aliphatic heterocycles. The van der Waals surface area contributed by atoms with Gasteiger partial charge in [0.25, 0.3) is 0 Å². The highest BCUT2D eigenvalue weighted by Gasteiger charge is 2.45. The van der Waals surface area contributed by atoms with Gasteiger partial charge in [0.15, 0.2) is 0 Å². The Labute approximate surface area is 77.2 Å². The van der Waals surface area contributed by atoms with E-state index in [2.05, 4.69) is 4.74 Å². The lowest BCUT2D eigenvalue weighted by Gasteiger charge is -2.31. The van der Waals surface area contributed by atoms with Gasteiger partial charge in [0.1, 0.15) is 11.2 Å². The maximum absolute atomic E-state index is 11.4. The molecule has 1 fully saturated rings. The molecular formula is C9H14O4. The Kier molecular flexibility index (Phi) is 3.03. The zero-order valence-electron chi connectivity index (χ0n) is 7.96. The minimum atomic E-state index is -0.938. The Morgan fingerprint density at radius 1 is 1.31 bits per heavy atom. The van der Waals surface area contributed by atoms with Crippen LogP contribution >= 0.6 is 0 Å². The van der Waals surface area contributed by atoms with Crippen molar-refractivity contribution in [3.8, 4) is 0 Å². The van der Waals surface area contributed by atoms with Crippen molar-refractivity contribution in [2.45, 2.75) is 19.8 Å². The summed E-state index contributed by atoms with van der Waals surface area (Å²) in [5.74, 6) is -0.550. The molecule has 4 heteroatoms. The van der Waals surface area contributed by atoms with Crippen molar-refractivity contribution < 1.29 is 19.1 Å². The third-order valence-electron chi connectivity index (χ3n) is 2.60. The molecule has 0 bridgehead atoms. The molecule has 0 saturated carbocycles. The summed E-state index contributed by atoms with van der Waals surface area (Å²) in [6.45, 7) is 2.34. The predicted molar refractivity (Wildman–Crippen MR) is 45.2 cm³/mol. The zero-order chi connectivity index (χ0) is 9.90. The number of esters is 1.